The molecule has 0 fully saturated rings. The highest BCUT2D eigenvalue weighted by Crippen LogP contribution is 2.13. The van der Waals surface area contributed by atoms with Crippen LogP contribution in [0, 0.1) is 12.7 Å². The van der Waals surface area contributed by atoms with Gasteiger partial charge in [0.2, 0.25) is 0 Å². The van der Waals surface area contributed by atoms with Crippen LogP contribution in [0.5, 0.6) is 0 Å². The number of nitrogens with zero attached hydrogens (tertiary/aromatic N) is 1. The number of aromatic nitrogens is 1. The van der Waals surface area contributed by atoms with Gasteiger partial charge in [0.05, 0.1) is 5.69 Å². The molecule has 1 heterocycles. The molecule has 0 bridgehead atoms. The molecule has 0 aliphatic carbocycles. The minimum absolute atomic E-state index is 0.264. The summed E-state index contributed by atoms with van der Waals surface area (Å²) in [5.74, 6) is -0.264. The predicted octanol–water partition coefficient (Wildman–Crippen LogP) is 2.95. The Morgan fingerprint density at radius 3 is 3.00 bits per heavy atom. The van der Waals surface area contributed by atoms with E-state index in [0.717, 1.165) is 11.3 Å². The van der Waals surface area contributed by atoms with Gasteiger partial charge in [-0.15, -0.1) is 11.3 Å². The first-order valence-corrected chi connectivity index (χ1v) is 6.73. The molecule has 0 spiro atoms. The Labute approximate surface area is 114 Å². The van der Waals surface area contributed by atoms with Crippen LogP contribution in [-0.4, -0.2) is 17.6 Å². The Balaban J connectivity index is 1.75. The van der Waals surface area contributed by atoms with E-state index in [-0.39, 0.29) is 11.8 Å². The first kappa shape index (κ1) is 13.5. The predicted molar refractivity (Wildman–Crippen MR) is 74.0 cm³/mol. The SMILES string of the molecule is Cc1csc(NC(=O)NCCc2cccc(F)c2)n1. The van der Waals surface area contributed by atoms with Crippen molar-refractivity contribution in [3.63, 3.8) is 0 Å². The summed E-state index contributed by atoms with van der Waals surface area (Å²) in [5, 5.41) is 7.78. The molecule has 0 aliphatic heterocycles. The van der Waals surface area contributed by atoms with Crippen molar-refractivity contribution in [2.45, 2.75) is 13.3 Å². The van der Waals surface area contributed by atoms with E-state index in [1.165, 1.54) is 23.5 Å². The van der Waals surface area contributed by atoms with Gasteiger partial charge < -0.3 is 5.32 Å². The zero-order valence-electron chi connectivity index (χ0n) is 10.4. The highest BCUT2D eigenvalue weighted by Gasteiger charge is 2.04. The summed E-state index contributed by atoms with van der Waals surface area (Å²) in [6, 6.07) is 6.04. The van der Waals surface area contributed by atoms with Crippen molar-refractivity contribution in [3.05, 3.63) is 46.7 Å². The normalized spacial score (nSPS) is 10.2. The second-order valence-electron chi connectivity index (χ2n) is 4.05. The fourth-order valence-electron chi connectivity index (χ4n) is 1.57. The Kier molecular flexibility index (Phi) is 4.46. The molecule has 0 radical (unpaired) electrons. The molecule has 0 saturated heterocycles. The second-order valence-corrected chi connectivity index (χ2v) is 4.91. The zero-order chi connectivity index (χ0) is 13.7. The maximum Gasteiger partial charge on any atom is 0.321 e. The van der Waals surface area contributed by atoms with E-state index in [0.29, 0.717) is 18.1 Å². The Morgan fingerprint density at radius 1 is 1.47 bits per heavy atom. The van der Waals surface area contributed by atoms with E-state index in [2.05, 4.69) is 15.6 Å². The summed E-state index contributed by atoms with van der Waals surface area (Å²) >= 11 is 1.38. The number of nitrogens with one attached hydrogen (secondary N) is 2. The van der Waals surface area contributed by atoms with Crippen LogP contribution in [0.4, 0.5) is 14.3 Å². The zero-order valence-corrected chi connectivity index (χ0v) is 11.3. The smallest absolute Gasteiger partial charge is 0.321 e. The van der Waals surface area contributed by atoms with Gasteiger partial charge in [0.15, 0.2) is 5.13 Å². The number of benzene rings is 1. The number of thiazole rings is 1. The van der Waals surface area contributed by atoms with Crippen LogP contribution in [-0.2, 0) is 6.42 Å². The molecule has 0 saturated carbocycles. The summed E-state index contributed by atoms with van der Waals surface area (Å²) in [6.45, 7) is 2.31. The largest absolute Gasteiger partial charge is 0.337 e. The third-order valence-electron chi connectivity index (χ3n) is 2.43. The highest BCUT2D eigenvalue weighted by molar-refractivity contribution is 7.13. The molecule has 4 nitrogen and oxygen atoms in total. The molecule has 6 heteroatoms. The van der Waals surface area contributed by atoms with Crippen LogP contribution in [0.2, 0.25) is 0 Å². The molecule has 2 N–H and O–H groups in total. The van der Waals surface area contributed by atoms with E-state index >= 15 is 0 Å². The van der Waals surface area contributed by atoms with Crippen molar-refractivity contribution >= 4 is 22.5 Å². The molecule has 19 heavy (non-hydrogen) atoms. The Bertz CT molecular complexity index is 571. The number of carbonyl (C=O) groups excluding carboxylic acids is 1. The van der Waals surface area contributed by atoms with Crippen molar-refractivity contribution in [1.82, 2.24) is 10.3 Å². The number of amides is 2. The first-order valence-electron chi connectivity index (χ1n) is 5.85. The average molecular weight is 279 g/mol. The summed E-state index contributed by atoms with van der Waals surface area (Å²) in [6.07, 6.45) is 0.585. The summed E-state index contributed by atoms with van der Waals surface area (Å²) in [4.78, 5) is 15.7. The highest BCUT2D eigenvalue weighted by atomic mass is 32.1. The Morgan fingerprint density at radius 2 is 2.32 bits per heavy atom. The summed E-state index contributed by atoms with van der Waals surface area (Å²) in [5.41, 5.74) is 1.73. The number of rotatable bonds is 4. The molecular formula is C13H14FN3OS. The van der Waals surface area contributed by atoms with Crippen molar-refractivity contribution in [2.75, 3.05) is 11.9 Å². The molecule has 2 aromatic rings. The van der Waals surface area contributed by atoms with Gasteiger partial charge in [0.25, 0.3) is 0 Å². The van der Waals surface area contributed by atoms with E-state index in [4.69, 9.17) is 0 Å². The van der Waals surface area contributed by atoms with E-state index in [1.807, 2.05) is 18.4 Å². The van der Waals surface area contributed by atoms with Crippen LogP contribution in [0.3, 0.4) is 0 Å². The Hall–Kier alpha value is -1.95. The summed E-state index contributed by atoms with van der Waals surface area (Å²) < 4.78 is 12.9. The lowest BCUT2D eigenvalue weighted by Gasteiger charge is -2.05. The number of hydrogen-bond acceptors (Lipinski definition) is 3. The quantitative estimate of drug-likeness (QED) is 0.904. The van der Waals surface area contributed by atoms with Crippen molar-refractivity contribution in [3.8, 4) is 0 Å². The van der Waals surface area contributed by atoms with Crippen molar-refractivity contribution < 1.29 is 9.18 Å². The molecule has 1 aromatic heterocycles. The van der Waals surface area contributed by atoms with Crippen molar-refractivity contribution in [1.29, 1.82) is 0 Å². The molecular weight excluding hydrogens is 265 g/mol. The number of halogens is 1. The lowest BCUT2D eigenvalue weighted by molar-refractivity contribution is 0.252. The number of hydrogen-bond donors (Lipinski definition) is 2. The van der Waals surface area contributed by atoms with Gasteiger partial charge in [-0.05, 0) is 31.0 Å². The average Bonchev–Trinajstić information content (AvgIpc) is 2.75. The van der Waals surface area contributed by atoms with Gasteiger partial charge in [0.1, 0.15) is 5.82 Å². The van der Waals surface area contributed by atoms with E-state index < -0.39 is 0 Å². The molecule has 0 unspecified atom stereocenters. The van der Waals surface area contributed by atoms with Crippen LogP contribution in [0.15, 0.2) is 29.6 Å². The molecule has 0 atom stereocenters. The molecule has 0 aliphatic rings. The molecule has 1 aromatic carbocycles. The van der Waals surface area contributed by atoms with Crippen LogP contribution in [0.25, 0.3) is 0 Å². The van der Waals surface area contributed by atoms with E-state index in [1.54, 1.807) is 6.07 Å². The fraction of sp³-hybridized carbons (Fsp3) is 0.231. The fourth-order valence-corrected chi connectivity index (χ4v) is 2.25. The second kappa shape index (κ2) is 6.29. The summed E-state index contributed by atoms with van der Waals surface area (Å²) in [7, 11) is 0. The van der Waals surface area contributed by atoms with Gasteiger partial charge in [0, 0.05) is 11.9 Å². The van der Waals surface area contributed by atoms with Crippen LogP contribution in [0.1, 0.15) is 11.3 Å². The van der Waals surface area contributed by atoms with Gasteiger partial charge in [-0.25, -0.2) is 14.2 Å². The minimum atomic E-state index is -0.300. The standard InChI is InChI=1S/C13H14FN3OS/c1-9-8-19-13(16-9)17-12(18)15-6-5-10-3-2-4-11(14)7-10/h2-4,7-8H,5-6H2,1H3,(H2,15,16,17,18). The van der Waals surface area contributed by atoms with Gasteiger partial charge in [-0.2, -0.15) is 0 Å². The lowest BCUT2D eigenvalue weighted by atomic mass is 10.1. The van der Waals surface area contributed by atoms with Crippen LogP contribution < -0.4 is 10.6 Å². The topological polar surface area (TPSA) is 54.0 Å². The molecule has 100 valence electrons. The van der Waals surface area contributed by atoms with Crippen LogP contribution >= 0.6 is 11.3 Å². The minimum Gasteiger partial charge on any atom is -0.337 e. The number of carbonyl (C=O) groups is 1. The third kappa shape index (κ3) is 4.33. The van der Waals surface area contributed by atoms with Gasteiger partial charge in [-0.1, -0.05) is 12.1 Å². The number of anilines is 1. The third-order valence-corrected chi connectivity index (χ3v) is 3.30. The molecule has 2 rings (SSSR count). The van der Waals surface area contributed by atoms with Gasteiger partial charge in [-0.3, -0.25) is 5.32 Å². The molecule has 2 amide bonds. The maximum absolute atomic E-state index is 12.9. The van der Waals surface area contributed by atoms with Crippen molar-refractivity contribution in [2.24, 2.45) is 0 Å². The monoisotopic (exact) mass is 279 g/mol. The van der Waals surface area contributed by atoms with E-state index in [9.17, 15) is 9.18 Å². The van der Waals surface area contributed by atoms with Gasteiger partial charge >= 0.3 is 6.03 Å². The lowest BCUT2D eigenvalue weighted by Crippen LogP contribution is -2.30. The number of aryl methyl sites for hydroxylation is 1. The number of urea groups is 1. The first-order chi connectivity index (χ1) is 9.13. The maximum atomic E-state index is 12.9.